The molecule has 2 aromatic carbocycles. The summed E-state index contributed by atoms with van der Waals surface area (Å²) in [5, 5.41) is -0.0440. The van der Waals surface area contributed by atoms with Gasteiger partial charge in [0.2, 0.25) is 5.91 Å². The number of thioether (sulfide) groups is 1. The fraction of sp³-hybridized carbons (Fsp3) is 0.0526. The Morgan fingerprint density at radius 2 is 1.63 bits per heavy atom. The lowest BCUT2D eigenvalue weighted by molar-refractivity contribution is -0.122. The number of hydrogen-bond acceptors (Lipinski definition) is 5. The van der Waals surface area contributed by atoms with Gasteiger partial charge in [0, 0.05) is 17.5 Å². The smallest absolute Gasteiger partial charge is 0.274 e. The average molecular weight is 399 g/mol. The van der Waals surface area contributed by atoms with Gasteiger partial charge in [-0.25, -0.2) is 9.80 Å². The molecule has 2 aliphatic rings. The fourth-order valence-electron chi connectivity index (χ4n) is 3.08. The molecule has 0 aliphatic carbocycles. The topological polar surface area (TPSA) is 74.8 Å². The van der Waals surface area contributed by atoms with Crippen LogP contribution in [0.25, 0.3) is 5.57 Å². The van der Waals surface area contributed by atoms with E-state index in [2.05, 4.69) is 0 Å². The van der Waals surface area contributed by atoms with E-state index in [9.17, 15) is 19.2 Å². The average Bonchev–Trinajstić information content (AvgIpc) is 3.08. The van der Waals surface area contributed by atoms with E-state index in [1.807, 2.05) is 0 Å². The number of fused-ring (bicyclic) bond motifs is 1. The van der Waals surface area contributed by atoms with Crippen LogP contribution in [0.2, 0.25) is 5.02 Å². The van der Waals surface area contributed by atoms with E-state index in [0.717, 1.165) is 9.80 Å². The molecule has 0 saturated carbocycles. The number of nitrogens with zero attached hydrogens (tertiary/aromatic N) is 2. The fourth-order valence-corrected chi connectivity index (χ4v) is 4.14. The lowest BCUT2D eigenvalue weighted by atomic mass is 10.1. The molecule has 0 aromatic heterocycles. The van der Waals surface area contributed by atoms with Crippen molar-refractivity contribution in [2.45, 2.75) is 6.92 Å². The lowest BCUT2D eigenvalue weighted by Crippen LogP contribution is -2.32. The zero-order chi connectivity index (χ0) is 19.3. The number of para-hydroxylation sites is 1. The number of imide groups is 2. The van der Waals surface area contributed by atoms with Crippen LogP contribution in [-0.2, 0) is 14.4 Å². The Morgan fingerprint density at radius 1 is 0.963 bits per heavy atom. The van der Waals surface area contributed by atoms with E-state index in [-0.39, 0.29) is 10.5 Å². The summed E-state index contributed by atoms with van der Waals surface area (Å²) in [5.41, 5.74) is 1.29. The van der Waals surface area contributed by atoms with Crippen LogP contribution in [0.3, 0.4) is 0 Å². The summed E-state index contributed by atoms with van der Waals surface area (Å²) in [7, 11) is 0. The molecule has 4 rings (SSSR count). The molecule has 2 heterocycles. The highest BCUT2D eigenvalue weighted by Crippen LogP contribution is 2.45. The van der Waals surface area contributed by atoms with Crippen molar-refractivity contribution < 1.29 is 19.2 Å². The van der Waals surface area contributed by atoms with Crippen LogP contribution in [0, 0.1) is 0 Å². The first-order valence-corrected chi connectivity index (χ1v) is 9.10. The third-order valence-electron chi connectivity index (χ3n) is 4.23. The van der Waals surface area contributed by atoms with Crippen molar-refractivity contribution in [3.63, 3.8) is 0 Å². The zero-order valence-electron chi connectivity index (χ0n) is 13.9. The van der Waals surface area contributed by atoms with Crippen molar-refractivity contribution in [2.75, 3.05) is 9.80 Å². The Labute approximate surface area is 163 Å². The Hall–Kier alpha value is -2.90. The summed E-state index contributed by atoms with van der Waals surface area (Å²) >= 11 is 6.54. The van der Waals surface area contributed by atoms with Gasteiger partial charge in [-0.15, -0.1) is 0 Å². The van der Waals surface area contributed by atoms with Gasteiger partial charge in [0.05, 0.1) is 21.9 Å². The van der Waals surface area contributed by atoms with Crippen molar-refractivity contribution in [3.8, 4) is 0 Å². The van der Waals surface area contributed by atoms with Crippen molar-refractivity contribution in [1.82, 2.24) is 0 Å². The second-order valence-electron chi connectivity index (χ2n) is 5.87. The van der Waals surface area contributed by atoms with Crippen LogP contribution in [-0.4, -0.2) is 23.0 Å². The summed E-state index contributed by atoms with van der Waals surface area (Å²) in [4.78, 5) is 52.3. The molecule has 2 aromatic rings. The van der Waals surface area contributed by atoms with Gasteiger partial charge in [0.25, 0.3) is 17.1 Å². The van der Waals surface area contributed by atoms with Crippen LogP contribution in [0.5, 0.6) is 0 Å². The first kappa shape index (κ1) is 17.5. The molecule has 27 heavy (non-hydrogen) atoms. The highest BCUT2D eigenvalue weighted by molar-refractivity contribution is 8.19. The Morgan fingerprint density at radius 3 is 2.30 bits per heavy atom. The number of carbonyl (C=O) groups is 4. The predicted octanol–water partition coefficient (Wildman–Crippen LogP) is 3.84. The van der Waals surface area contributed by atoms with Gasteiger partial charge in [-0.3, -0.25) is 19.2 Å². The van der Waals surface area contributed by atoms with Crippen LogP contribution in [0.15, 0.2) is 53.4 Å². The second kappa shape index (κ2) is 6.37. The van der Waals surface area contributed by atoms with Crippen molar-refractivity contribution in [3.05, 3.63) is 64.0 Å². The maximum atomic E-state index is 13.0. The van der Waals surface area contributed by atoms with Gasteiger partial charge in [0.15, 0.2) is 0 Å². The minimum absolute atomic E-state index is 0.0103. The Bertz CT molecular complexity index is 1060. The van der Waals surface area contributed by atoms with Gasteiger partial charge in [0.1, 0.15) is 0 Å². The van der Waals surface area contributed by atoms with Gasteiger partial charge >= 0.3 is 0 Å². The van der Waals surface area contributed by atoms with Crippen LogP contribution < -0.4 is 9.80 Å². The SMILES string of the molecule is CC(=O)N1C(=O)/C(=C2\SC(=O)N(c3ccc(Cl)cc3)C2=O)c2ccccc21. The minimum Gasteiger partial charge on any atom is -0.274 e. The molecule has 1 fully saturated rings. The van der Waals surface area contributed by atoms with Crippen LogP contribution in [0.1, 0.15) is 12.5 Å². The molecule has 0 spiro atoms. The highest BCUT2D eigenvalue weighted by Gasteiger charge is 2.44. The maximum Gasteiger partial charge on any atom is 0.298 e. The summed E-state index contributed by atoms with van der Waals surface area (Å²) in [6, 6.07) is 12.9. The van der Waals surface area contributed by atoms with Crippen molar-refractivity contribution >= 4 is 63.3 Å². The molecular formula is C19H11ClN2O4S. The van der Waals surface area contributed by atoms with Crippen LogP contribution in [0.4, 0.5) is 16.2 Å². The largest absolute Gasteiger partial charge is 0.298 e. The zero-order valence-corrected chi connectivity index (χ0v) is 15.5. The molecule has 0 radical (unpaired) electrons. The van der Waals surface area contributed by atoms with E-state index < -0.39 is 23.0 Å². The van der Waals surface area contributed by atoms with Crippen LogP contribution >= 0.6 is 23.4 Å². The third-order valence-corrected chi connectivity index (χ3v) is 5.42. The van der Waals surface area contributed by atoms with E-state index in [1.165, 1.54) is 6.92 Å². The van der Waals surface area contributed by atoms with Gasteiger partial charge in [-0.1, -0.05) is 29.8 Å². The number of carbonyl (C=O) groups excluding carboxylic acids is 4. The van der Waals surface area contributed by atoms with E-state index >= 15 is 0 Å². The number of rotatable bonds is 1. The lowest BCUT2D eigenvalue weighted by Gasteiger charge is -2.12. The summed E-state index contributed by atoms with van der Waals surface area (Å²) in [6.45, 7) is 1.27. The Kier molecular flexibility index (Phi) is 4.13. The number of anilines is 2. The molecule has 1 saturated heterocycles. The molecule has 0 bridgehead atoms. The molecule has 4 amide bonds. The summed E-state index contributed by atoms with van der Waals surface area (Å²) in [6.07, 6.45) is 0. The standard InChI is InChI=1S/C19H11ClN2O4S/c1-10(23)21-14-5-3-2-4-13(14)15(17(21)24)16-18(25)22(19(26)27-16)12-8-6-11(20)7-9-12/h2-9H,1H3/b16-15-. The predicted molar refractivity (Wildman–Crippen MR) is 103 cm³/mol. The summed E-state index contributed by atoms with van der Waals surface area (Å²) < 4.78 is 0. The quantitative estimate of drug-likeness (QED) is 0.682. The molecule has 8 heteroatoms. The molecule has 0 N–H and O–H groups in total. The molecular weight excluding hydrogens is 388 g/mol. The molecule has 2 aliphatic heterocycles. The monoisotopic (exact) mass is 398 g/mol. The number of benzene rings is 2. The van der Waals surface area contributed by atoms with Gasteiger partial charge < -0.3 is 0 Å². The minimum atomic E-state index is -0.606. The van der Waals surface area contributed by atoms with Crippen molar-refractivity contribution in [2.24, 2.45) is 0 Å². The van der Waals surface area contributed by atoms with Gasteiger partial charge in [-0.2, -0.15) is 0 Å². The molecule has 6 nitrogen and oxygen atoms in total. The normalized spacial score (nSPS) is 19.1. The third kappa shape index (κ3) is 2.67. The first-order chi connectivity index (χ1) is 12.9. The number of halogens is 1. The molecule has 0 unspecified atom stereocenters. The first-order valence-electron chi connectivity index (χ1n) is 7.90. The molecule has 0 atom stereocenters. The maximum absolute atomic E-state index is 13.0. The number of hydrogen-bond donors (Lipinski definition) is 0. The van der Waals surface area contributed by atoms with E-state index in [1.54, 1.807) is 48.5 Å². The van der Waals surface area contributed by atoms with Crippen molar-refractivity contribution in [1.29, 1.82) is 0 Å². The summed E-state index contributed by atoms with van der Waals surface area (Å²) in [5.74, 6) is -1.67. The van der Waals surface area contributed by atoms with E-state index in [0.29, 0.717) is 33.7 Å². The van der Waals surface area contributed by atoms with Gasteiger partial charge in [-0.05, 0) is 42.1 Å². The van der Waals surface area contributed by atoms with E-state index in [4.69, 9.17) is 11.6 Å². The second-order valence-corrected chi connectivity index (χ2v) is 7.26. The molecule has 134 valence electrons. The number of amides is 4. The Balaban J connectivity index is 1.85. The highest BCUT2D eigenvalue weighted by atomic mass is 35.5.